The fourth-order valence-electron chi connectivity index (χ4n) is 1.77. The van der Waals surface area contributed by atoms with Gasteiger partial charge in [0.1, 0.15) is 5.15 Å². The van der Waals surface area contributed by atoms with Gasteiger partial charge in [0, 0.05) is 16.9 Å². The molecule has 1 atom stereocenters. The minimum atomic E-state index is 0.182. The molecule has 0 spiro atoms. The Morgan fingerprint density at radius 1 is 1.40 bits per heavy atom. The molecule has 3 heteroatoms. The zero-order valence-corrected chi connectivity index (χ0v) is 9.51. The van der Waals surface area contributed by atoms with Crippen LogP contribution in [-0.2, 0) is 6.42 Å². The lowest BCUT2D eigenvalue weighted by Gasteiger charge is -2.07. The Balaban J connectivity index is 2.45. The van der Waals surface area contributed by atoms with Gasteiger partial charge in [-0.15, -0.1) is 0 Å². The van der Waals surface area contributed by atoms with Crippen LogP contribution in [0.25, 0.3) is 10.9 Å². The second kappa shape index (κ2) is 4.25. The van der Waals surface area contributed by atoms with E-state index >= 15 is 0 Å². The third-order valence-electron chi connectivity index (χ3n) is 2.75. The first-order valence-electron chi connectivity index (χ1n) is 5.23. The maximum absolute atomic E-state index is 6.16. The molecule has 0 amide bonds. The zero-order chi connectivity index (χ0) is 10.8. The molecule has 15 heavy (non-hydrogen) atoms. The first kappa shape index (κ1) is 10.5. The van der Waals surface area contributed by atoms with Crippen LogP contribution < -0.4 is 5.73 Å². The number of nitrogens with two attached hydrogens (primary N) is 1. The standard InChI is InChI=1S/C12H15ClN2/c1-2-8(14)7-10-9-5-3-4-6-11(9)15-12(10)13/h3-6,8,15H,2,7,14H2,1H3. The number of halogens is 1. The van der Waals surface area contributed by atoms with E-state index in [9.17, 15) is 0 Å². The SMILES string of the molecule is CCC(N)Cc1c(Cl)[nH]c2ccccc12. The fraction of sp³-hybridized carbons (Fsp3) is 0.333. The van der Waals surface area contributed by atoms with Crippen LogP contribution in [0.5, 0.6) is 0 Å². The Kier molecular flexibility index (Phi) is 2.98. The molecule has 1 unspecified atom stereocenters. The van der Waals surface area contributed by atoms with Gasteiger partial charge in [0.2, 0.25) is 0 Å². The molecule has 80 valence electrons. The summed E-state index contributed by atoms with van der Waals surface area (Å²) in [7, 11) is 0. The van der Waals surface area contributed by atoms with Crippen molar-refractivity contribution in [3.63, 3.8) is 0 Å². The van der Waals surface area contributed by atoms with Crippen LogP contribution in [0.3, 0.4) is 0 Å². The van der Waals surface area contributed by atoms with Gasteiger partial charge in [0.25, 0.3) is 0 Å². The van der Waals surface area contributed by atoms with Crippen LogP contribution in [0.15, 0.2) is 24.3 Å². The van der Waals surface area contributed by atoms with Crippen LogP contribution in [0.2, 0.25) is 5.15 Å². The van der Waals surface area contributed by atoms with Crippen molar-refractivity contribution >= 4 is 22.5 Å². The molecule has 2 rings (SSSR count). The second-order valence-corrected chi connectivity index (χ2v) is 4.21. The van der Waals surface area contributed by atoms with E-state index in [1.54, 1.807) is 0 Å². The summed E-state index contributed by atoms with van der Waals surface area (Å²) in [5.74, 6) is 0. The van der Waals surface area contributed by atoms with Gasteiger partial charge in [-0.05, 0) is 24.5 Å². The monoisotopic (exact) mass is 222 g/mol. The van der Waals surface area contributed by atoms with Crippen molar-refractivity contribution in [3.8, 4) is 0 Å². The van der Waals surface area contributed by atoms with Crippen molar-refractivity contribution < 1.29 is 0 Å². The van der Waals surface area contributed by atoms with Crippen LogP contribution in [-0.4, -0.2) is 11.0 Å². The second-order valence-electron chi connectivity index (χ2n) is 3.84. The van der Waals surface area contributed by atoms with E-state index in [1.165, 1.54) is 5.39 Å². The zero-order valence-electron chi connectivity index (χ0n) is 8.76. The van der Waals surface area contributed by atoms with Gasteiger partial charge in [-0.2, -0.15) is 0 Å². The highest BCUT2D eigenvalue weighted by molar-refractivity contribution is 6.31. The van der Waals surface area contributed by atoms with Crippen molar-refractivity contribution in [1.82, 2.24) is 4.98 Å². The molecule has 2 nitrogen and oxygen atoms in total. The summed E-state index contributed by atoms with van der Waals surface area (Å²) < 4.78 is 0. The number of aromatic amines is 1. The van der Waals surface area contributed by atoms with E-state index < -0.39 is 0 Å². The molecule has 0 saturated carbocycles. The number of hydrogen-bond donors (Lipinski definition) is 2. The average Bonchev–Trinajstić information content (AvgIpc) is 2.55. The Labute approximate surface area is 94.4 Å². The molecule has 2 aromatic rings. The Morgan fingerprint density at radius 3 is 2.87 bits per heavy atom. The summed E-state index contributed by atoms with van der Waals surface area (Å²) in [6, 6.07) is 8.31. The van der Waals surface area contributed by atoms with Crippen molar-refractivity contribution in [2.75, 3.05) is 0 Å². The number of fused-ring (bicyclic) bond motifs is 1. The molecule has 1 aromatic carbocycles. The number of aromatic nitrogens is 1. The van der Waals surface area contributed by atoms with Crippen molar-refractivity contribution in [3.05, 3.63) is 35.0 Å². The first-order chi connectivity index (χ1) is 7.22. The lowest BCUT2D eigenvalue weighted by atomic mass is 10.0. The van der Waals surface area contributed by atoms with Gasteiger partial charge >= 0.3 is 0 Å². The van der Waals surface area contributed by atoms with Gasteiger partial charge in [0.05, 0.1) is 0 Å². The maximum atomic E-state index is 6.16. The smallest absolute Gasteiger partial charge is 0.110 e. The summed E-state index contributed by atoms with van der Waals surface area (Å²) in [6.45, 7) is 2.09. The van der Waals surface area contributed by atoms with Gasteiger partial charge in [-0.25, -0.2) is 0 Å². The third kappa shape index (κ3) is 2.01. The molecule has 1 heterocycles. The van der Waals surface area contributed by atoms with Crippen LogP contribution in [0, 0.1) is 0 Å². The van der Waals surface area contributed by atoms with Crippen LogP contribution in [0.4, 0.5) is 0 Å². The topological polar surface area (TPSA) is 41.8 Å². The lowest BCUT2D eigenvalue weighted by molar-refractivity contribution is 0.649. The summed E-state index contributed by atoms with van der Waals surface area (Å²) in [4.78, 5) is 3.17. The average molecular weight is 223 g/mol. The predicted octanol–water partition coefficient (Wildman–Crippen LogP) is 3.10. The van der Waals surface area contributed by atoms with E-state index in [1.807, 2.05) is 18.2 Å². The summed E-state index contributed by atoms with van der Waals surface area (Å²) >= 11 is 6.16. The summed E-state index contributed by atoms with van der Waals surface area (Å²) in [5.41, 5.74) is 8.18. The number of hydrogen-bond acceptors (Lipinski definition) is 1. The third-order valence-corrected chi connectivity index (χ3v) is 3.07. The molecule has 0 bridgehead atoms. The number of nitrogens with one attached hydrogen (secondary N) is 1. The summed E-state index contributed by atoms with van der Waals surface area (Å²) in [6.07, 6.45) is 1.80. The normalized spacial score (nSPS) is 13.3. The number of rotatable bonds is 3. The molecule has 0 aliphatic heterocycles. The Morgan fingerprint density at radius 2 is 2.13 bits per heavy atom. The van der Waals surface area contributed by atoms with Gasteiger partial charge in [-0.1, -0.05) is 36.7 Å². The maximum Gasteiger partial charge on any atom is 0.110 e. The molecule has 3 N–H and O–H groups in total. The van der Waals surface area contributed by atoms with Crippen molar-refractivity contribution in [2.24, 2.45) is 5.73 Å². The predicted molar refractivity (Wildman–Crippen MR) is 65.3 cm³/mol. The number of benzene rings is 1. The van der Waals surface area contributed by atoms with E-state index in [-0.39, 0.29) is 6.04 Å². The minimum Gasteiger partial charge on any atom is -0.345 e. The van der Waals surface area contributed by atoms with Gasteiger partial charge in [0.15, 0.2) is 0 Å². The number of para-hydroxylation sites is 1. The van der Waals surface area contributed by atoms with E-state index in [2.05, 4.69) is 18.0 Å². The molecule has 1 aromatic heterocycles. The van der Waals surface area contributed by atoms with Crippen molar-refractivity contribution in [1.29, 1.82) is 0 Å². The molecular weight excluding hydrogens is 208 g/mol. The Bertz CT molecular complexity index is 462. The molecule has 0 aliphatic carbocycles. The first-order valence-corrected chi connectivity index (χ1v) is 5.60. The molecule has 0 saturated heterocycles. The highest BCUT2D eigenvalue weighted by Gasteiger charge is 2.11. The Hall–Kier alpha value is -0.990. The highest BCUT2D eigenvalue weighted by atomic mass is 35.5. The summed E-state index contributed by atoms with van der Waals surface area (Å²) in [5, 5.41) is 1.91. The lowest BCUT2D eigenvalue weighted by Crippen LogP contribution is -2.21. The van der Waals surface area contributed by atoms with Gasteiger partial charge in [-0.3, -0.25) is 0 Å². The fourth-order valence-corrected chi connectivity index (χ4v) is 2.05. The van der Waals surface area contributed by atoms with Crippen LogP contribution >= 0.6 is 11.6 Å². The minimum absolute atomic E-state index is 0.182. The molecule has 0 fully saturated rings. The van der Waals surface area contributed by atoms with Crippen LogP contribution in [0.1, 0.15) is 18.9 Å². The number of H-pyrrole nitrogens is 1. The van der Waals surface area contributed by atoms with E-state index in [0.717, 1.165) is 29.1 Å². The molecular formula is C12H15ClN2. The molecule has 0 radical (unpaired) electrons. The van der Waals surface area contributed by atoms with E-state index in [4.69, 9.17) is 17.3 Å². The molecule has 0 aliphatic rings. The quantitative estimate of drug-likeness (QED) is 0.824. The van der Waals surface area contributed by atoms with Crippen molar-refractivity contribution in [2.45, 2.75) is 25.8 Å². The highest BCUT2D eigenvalue weighted by Crippen LogP contribution is 2.27. The van der Waals surface area contributed by atoms with E-state index in [0.29, 0.717) is 0 Å². The largest absolute Gasteiger partial charge is 0.345 e. The van der Waals surface area contributed by atoms with Gasteiger partial charge < -0.3 is 10.7 Å².